The van der Waals surface area contributed by atoms with E-state index < -0.39 is 12.2 Å². The van der Waals surface area contributed by atoms with Crippen molar-refractivity contribution < 1.29 is 10.2 Å². The van der Waals surface area contributed by atoms with E-state index in [4.69, 9.17) is 0 Å². The van der Waals surface area contributed by atoms with Crippen molar-refractivity contribution in [2.75, 3.05) is 13.1 Å². The minimum atomic E-state index is -0.625. The normalized spacial score (nSPS) is 32.3. The first-order valence-corrected chi connectivity index (χ1v) is 8.70. The van der Waals surface area contributed by atoms with Gasteiger partial charge in [0.1, 0.15) is 0 Å². The predicted molar refractivity (Wildman–Crippen MR) is 83.5 cm³/mol. The predicted octanol–water partition coefficient (Wildman–Crippen LogP) is 1.14. The first-order chi connectivity index (χ1) is 10.7. The van der Waals surface area contributed by atoms with Crippen molar-refractivity contribution in [3.63, 3.8) is 0 Å². The van der Waals surface area contributed by atoms with E-state index in [2.05, 4.69) is 28.3 Å². The summed E-state index contributed by atoms with van der Waals surface area (Å²) in [5, 5.41) is 28.5. The summed E-state index contributed by atoms with van der Waals surface area (Å²) >= 11 is 0. The van der Waals surface area contributed by atoms with Gasteiger partial charge < -0.3 is 10.2 Å². The standard InChI is InChI=1S/C16H28N4O2/c1-2-3-4-5-6-12-10-20(18-17-12)13-7-8-19-11-15(21)16(22)14(19)9-13/h10,13-16,21-22H,2-9,11H2,1H3/t13-,14-,15-,16-/m0/s1. The van der Waals surface area contributed by atoms with E-state index in [1.807, 2.05) is 4.68 Å². The van der Waals surface area contributed by atoms with E-state index in [-0.39, 0.29) is 12.1 Å². The summed E-state index contributed by atoms with van der Waals surface area (Å²) in [6.45, 7) is 3.73. The monoisotopic (exact) mass is 308 g/mol. The number of aliphatic hydroxyl groups is 2. The Morgan fingerprint density at radius 2 is 2.14 bits per heavy atom. The molecule has 0 unspecified atom stereocenters. The van der Waals surface area contributed by atoms with Gasteiger partial charge in [0.15, 0.2) is 0 Å². The topological polar surface area (TPSA) is 74.4 Å². The fourth-order valence-electron chi connectivity index (χ4n) is 3.79. The summed E-state index contributed by atoms with van der Waals surface area (Å²) in [4.78, 5) is 2.20. The Morgan fingerprint density at radius 3 is 2.95 bits per heavy atom. The van der Waals surface area contributed by atoms with Crippen LogP contribution in [0.4, 0.5) is 0 Å². The molecule has 2 N–H and O–H groups in total. The zero-order valence-electron chi connectivity index (χ0n) is 13.4. The molecule has 6 heteroatoms. The van der Waals surface area contributed by atoms with Crippen LogP contribution in [0.15, 0.2) is 6.20 Å². The second kappa shape index (κ2) is 7.06. The average Bonchev–Trinajstić information content (AvgIpc) is 3.10. The summed E-state index contributed by atoms with van der Waals surface area (Å²) in [6.07, 6.45) is 8.68. The van der Waals surface area contributed by atoms with Crippen LogP contribution in [0.5, 0.6) is 0 Å². The highest BCUT2D eigenvalue weighted by Gasteiger charge is 2.43. The number of aliphatic hydroxyl groups excluding tert-OH is 2. The molecule has 0 aromatic carbocycles. The molecule has 2 aliphatic heterocycles. The maximum atomic E-state index is 10.1. The van der Waals surface area contributed by atoms with Gasteiger partial charge in [-0.25, -0.2) is 4.68 Å². The lowest BCUT2D eigenvalue weighted by Crippen LogP contribution is -2.43. The van der Waals surface area contributed by atoms with Gasteiger partial charge in [-0.05, 0) is 25.7 Å². The lowest BCUT2D eigenvalue weighted by atomic mass is 9.96. The fraction of sp³-hybridized carbons (Fsp3) is 0.875. The molecule has 0 radical (unpaired) electrons. The van der Waals surface area contributed by atoms with Crippen molar-refractivity contribution in [1.82, 2.24) is 19.9 Å². The molecule has 1 aromatic heterocycles. The van der Waals surface area contributed by atoms with E-state index in [0.717, 1.165) is 31.5 Å². The molecule has 4 atom stereocenters. The Hall–Kier alpha value is -0.980. The Balaban J connectivity index is 1.55. The molecule has 0 saturated carbocycles. The highest BCUT2D eigenvalue weighted by atomic mass is 16.3. The zero-order valence-corrected chi connectivity index (χ0v) is 13.4. The maximum Gasteiger partial charge on any atom is 0.0967 e. The molecule has 2 saturated heterocycles. The molecule has 3 heterocycles. The first-order valence-electron chi connectivity index (χ1n) is 8.70. The van der Waals surface area contributed by atoms with Crippen molar-refractivity contribution in [3.8, 4) is 0 Å². The minimum Gasteiger partial charge on any atom is -0.389 e. The number of piperidine rings is 1. The summed E-state index contributed by atoms with van der Waals surface area (Å²) in [7, 11) is 0. The Bertz CT molecular complexity index is 478. The Kier molecular flexibility index (Phi) is 5.10. The van der Waals surface area contributed by atoms with Gasteiger partial charge in [-0.1, -0.05) is 31.4 Å². The number of fused-ring (bicyclic) bond motifs is 1. The van der Waals surface area contributed by atoms with Crippen LogP contribution in [-0.4, -0.2) is 61.4 Å². The van der Waals surface area contributed by atoms with Crippen LogP contribution in [0.25, 0.3) is 0 Å². The molecule has 3 rings (SSSR count). The van der Waals surface area contributed by atoms with E-state index >= 15 is 0 Å². The van der Waals surface area contributed by atoms with Crippen molar-refractivity contribution in [2.45, 2.75) is 76.2 Å². The van der Waals surface area contributed by atoms with Crippen LogP contribution in [0.1, 0.15) is 57.2 Å². The number of unbranched alkanes of at least 4 members (excludes halogenated alkanes) is 3. The van der Waals surface area contributed by atoms with Crippen molar-refractivity contribution in [2.24, 2.45) is 0 Å². The SMILES string of the molecule is CCCCCCc1cn([C@H]2CCN3C[C@H](O)[C@@H](O)[C@@H]3C2)nn1. The summed E-state index contributed by atoms with van der Waals surface area (Å²) in [5.41, 5.74) is 1.07. The lowest BCUT2D eigenvalue weighted by molar-refractivity contribution is 0.0247. The lowest BCUT2D eigenvalue weighted by Gasteiger charge is -2.35. The molecule has 0 spiro atoms. The van der Waals surface area contributed by atoms with Gasteiger partial charge in [-0.15, -0.1) is 5.10 Å². The quantitative estimate of drug-likeness (QED) is 0.771. The Morgan fingerprint density at radius 1 is 1.27 bits per heavy atom. The molecule has 2 fully saturated rings. The van der Waals surface area contributed by atoms with Crippen LogP contribution in [0.3, 0.4) is 0 Å². The number of rotatable bonds is 6. The van der Waals surface area contributed by atoms with Crippen LogP contribution < -0.4 is 0 Å². The van der Waals surface area contributed by atoms with Gasteiger partial charge in [-0.2, -0.15) is 0 Å². The van der Waals surface area contributed by atoms with Crippen LogP contribution in [0, 0.1) is 0 Å². The van der Waals surface area contributed by atoms with Crippen LogP contribution >= 0.6 is 0 Å². The summed E-state index contributed by atoms with van der Waals surface area (Å²) in [6, 6.07) is 0.351. The largest absolute Gasteiger partial charge is 0.389 e. The second-order valence-electron chi connectivity index (χ2n) is 6.80. The van der Waals surface area contributed by atoms with Gasteiger partial charge in [0.2, 0.25) is 0 Å². The number of hydrogen-bond donors (Lipinski definition) is 2. The highest BCUT2D eigenvalue weighted by molar-refractivity contribution is 5.00. The van der Waals surface area contributed by atoms with Crippen molar-refractivity contribution in [1.29, 1.82) is 0 Å². The van der Waals surface area contributed by atoms with Gasteiger partial charge in [0.05, 0.1) is 23.9 Å². The molecule has 2 aliphatic rings. The summed E-state index contributed by atoms with van der Waals surface area (Å²) < 4.78 is 1.98. The van der Waals surface area contributed by atoms with Crippen LogP contribution in [0.2, 0.25) is 0 Å². The third kappa shape index (κ3) is 3.34. The molecular weight excluding hydrogens is 280 g/mol. The third-order valence-electron chi connectivity index (χ3n) is 5.16. The number of nitrogens with zero attached hydrogens (tertiary/aromatic N) is 4. The molecule has 0 amide bonds. The average molecular weight is 308 g/mol. The van der Waals surface area contributed by atoms with E-state index in [1.54, 1.807) is 0 Å². The molecular formula is C16H28N4O2. The summed E-state index contributed by atoms with van der Waals surface area (Å²) in [5.74, 6) is 0. The van der Waals surface area contributed by atoms with E-state index in [1.165, 1.54) is 25.7 Å². The molecule has 124 valence electrons. The first kappa shape index (κ1) is 15.9. The number of aromatic nitrogens is 3. The second-order valence-corrected chi connectivity index (χ2v) is 6.80. The third-order valence-corrected chi connectivity index (χ3v) is 5.16. The number of hydrogen-bond acceptors (Lipinski definition) is 5. The van der Waals surface area contributed by atoms with Crippen LogP contribution in [-0.2, 0) is 6.42 Å². The van der Waals surface area contributed by atoms with Crippen molar-refractivity contribution >= 4 is 0 Å². The molecule has 0 aliphatic carbocycles. The van der Waals surface area contributed by atoms with Gasteiger partial charge in [0.25, 0.3) is 0 Å². The van der Waals surface area contributed by atoms with Gasteiger partial charge >= 0.3 is 0 Å². The number of aryl methyl sites for hydroxylation is 1. The smallest absolute Gasteiger partial charge is 0.0967 e. The molecule has 22 heavy (non-hydrogen) atoms. The Labute approximate surface area is 132 Å². The van der Waals surface area contributed by atoms with Gasteiger partial charge in [0, 0.05) is 25.3 Å². The zero-order chi connectivity index (χ0) is 15.5. The van der Waals surface area contributed by atoms with Crippen molar-refractivity contribution in [3.05, 3.63) is 11.9 Å². The minimum absolute atomic E-state index is 0.0611. The fourth-order valence-corrected chi connectivity index (χ4v) is 3.79. The van der Waals surface area contributed by atoms with E-state index in [9.17, 15) is 10.2 Å². The molecule has 1 aromatic rings. The van der Waals surface area contributed by atoms with Gasteiger partial charge in [-0.3, -0.25) is 4.90 Å². The molecule has 6 nitrogen and oxygen atoms in total. The highest BCUT2D eigenvalue weighted by Crippen LogP contribution is 2.33. The molecule has 0 bridgehead atoms. The maximum absolute atomic E-state index is 10.1. The van der Waals surface area contributed by atoms with E-state index in [0.29, 0.717) is 6.54 Å².